The Balaban J connectivity index is 1.89. The molecule has 0 atom stereocenters. The molecule has 2 heterocycles. The van der Waals surface area contributed by atoms with Gasteiger partial charge >= 0.3 is 0 Å². The number of hydrogen-bond acceptors (Lipinski definition) is 5. The fraction of sp³-hybridized carbons (Fsp3) is 0.250. The molecule has 2 aromatic heterocycles. The summed E-state index contributed by atoms with van der Waals surface area (Å²) in [7, 11) is 0. The molecule has 0 aliphatic rings. The van der Waals surface area contributed by atoms with Crippen LogP contribution in [0.4, 0.5) is 11.5 Å². The van der Waals surface area contributed by atoms with E-state index in [2.05, 4.69) is 53.0 Å². The van der Waals surface area contributed by atoms with Crippen molar-refractivity contribution in [1.82, 2.24) is 9.97 Å². The van der Waals surface area contributed by atoms with Crippen molar-refractivity contribution in [3.63, 3.8) is 0 Å². The Hall–Kier alpha value is -2.14. The van der Waals surface area contributed by atoms with E-state index in [1.54, 1.807) is 11.3 Å². The second-order valence-electron chi connectivity index (χ2n) is 5.01. The van der Waals surface area contributed by atoms with E-state index in [1.165, 1.54) is 11.3 Å². The predicted octanol–water partition coefficient (Wildman–Crippen LogP) is 3.61. The molecular formula is C16H18N4S. The number of hydrogen-bond donors (Lipinski definition) is 1. The second kappa shape index (κ2) is 5.69. The molecule has 0 aliphatic heterocycles. The number of fused-ring (bicyclic) bond motifs is 1. The summed E-state index contributed by atoms with van der Waals surface area (Å²) >= 11 is 1.60. The standard InChI is InChI=1S/C16H18N4S/c1-3-20(12-6-4-11(2)5-7-12)10-14-18-15(17)13-8-9-21-16(13)19-14/h4-9H,3,10H2,1-2H3,(H2,17,18,19). The number of thiophene rings is 1. The molecule has 3 rings (SSSR count). The maximum absolute atomic E-state index is 6.01. The van der Waals surface area contributed by atoms with E-state index in [1.807, 2.05) is 11.4 Å². The minimum Gasteiger partial charge on any atom is -0.383 e. The van der Waals surface area contributed by atoms with Gasteiger partial charge in [-0.3, -0.25) is 0 Å². The zero-order valence-corrected chi connectivity index (χ0v) is 13.0. The molecule has 0 saturated heterocycles. The summed E-state index contributed by atoms with van der Waals surface area (Å²) in [6.07, 6.45) is 0. The lowest BCUT2D eigenvalue weighted by molar-refractivity contribution is 0.788. The van der Waals surface area contributed by atoms with Crippen LogP contribution in [0.1, 0.15) is 18.3 Å². The number of nitrogens with zero attached hydrogens (tertiary/aromatic N) is 3. The maximum atomic E-state index is 6.01. The Morgan fingerprint density at radius 2 is 1.90 bits per heavy atom. The van der Waals surface area contributed by atoms with Crippen molar-refractivity contribution in [2.24, 2.45) is 0 Å². The summed E-state index contributed by atoms with van der Waals surface area (Å²) in [6.45, 7) is 5.79. The van der Waals surface area contributed by atoms with E-state index >= 15 is 0 Å². The quantitative estimate of drug-likeness (QED) is 0.799. The van der Waals surface area contributed by atoms with Gasteiger partial charge in [0.25, 0.3) is 0 Å². The summed E-state index contributed by atoms with van der Waals surface area (Å²) in [5.74, 6) is 1.33. The Morgan fingerprint density at radius 3 is 2.62 bits per heavy atom. The van der Waals surface area contributed by atoms with Gasteiger partial charge in [0.2, 0.25) is 0 Å². The van der Waals surface area contributed by atoms with Crippen molar-refractivity contribution in [2.75, 3.05) is 17.2 Å². The summed E-state index contributed by atoms with van der Waals surface area (Å²) in [5.41, 5.74) is 8.45. The van der Waals surface area contributed by atoms with Crippen LogP contribution in [0.25, 0.3) is 10.2 Å². The highest BCUT2D eigenvalue weighted by Crippen LogP contribution is 2.24. The molecule has 0 amide bonds. The summed E-state index contributed by atoms with van der Waals surface area (Å²) in [6, 6.07) is 10.5. The third-order valence-corrected chi connectivity index (χ3v) is 4.32. The molecule has 0 unspecified atom stereocenters. The van der Waals surface area contributed by atoms with Crippen LogP contribution in [0.5, 0.6) is 0 Å². The minimum atomic E-state index is 0.566. The highest BCUT2D eigenvalue weighted by Gasteiger charge is 2.10. The van der Waals surface area contributed by atoms with Crippen molar-refractivity contribution in [3.05, 3.63) is 47.1 Å². The largest absolute Gasteiger partial charge is 0.383 e. The van der Waals surface area contributed by atoms with Gasteiger partial charge in [0.05, 0.1) is 11.9 Å². The first-order valence-electron chi connectivity index (χ1n) is 6.98. The van der Waals surface area contributed by atoms with Gasteiger partial charge in [0, 0.05) is 12.2 Å². The monoisotopic (exact) mass is 298 g/mol. The van der Waals surface area contributed by atoms with Crippen LogP contribution in [0.3, 0.4) is 0 Å². The molecular weight excluding hydrogens is 280 g/mol. The van der Waals surface area contributed by atoms with Crippen LogP contribution in [0, 0.1) is 6.92 Å². The van der Waals surface area contributed by atoms with Gasteiger partial charge in [-0.15, -0.1) is 11.3 Å². The highest BCUT2D eigenvalue weighted by atomic mass is 32.1. The van der Waals surface area contributed by atoms with E-state index in [9.17, 15) is 0 Å². The Morgan fingerprint density at radius 1 is 1.14 bits per heavy atom. The van der Waals surface area contributed by atoms with Gasteiger partial charge in [0.1, 0.15) is 10.6 Å². The highest BCUT2D eigenvalue weighted by molar-refractivity contribution is 7.16. The normalized spacial score (nSPS) is 11.0. The van der Waals surface area contributed by atoms with Crippen LogP contribution in [0.15, 0.2) is 35.7 Å². The molecule has 108 valence electrons. The molecule has 4 nitrogen and oxygen atoms in total. The fourth-order valence-electron chi connectivity index (χ4n) is 2.31. The molecule has 0 bridgehead atoms. The number of anilines is 2. The number of rotatable bonds is 4. The zero-order valence-electron chi connectivity index (χ0n) is 12.2. The molecule has 0 spiro atoms. The van der Waals surface area contributed by atoms with E-state index in [-0.39, 0.29) is 0 Å². The number of benzene rings is 1. The van der Waals surface area contributed by atoms with Crippen LogP contribution in [0.2, 0.25) is 0 Å². The van der Waals surface area contributed by atoms with E-state index in [4.69, 9.17) is 5.73 Å². The van der Waals surface area contributed by atoms with Crippen molar-refractivity contribution in [2.45, 2.75) is 20.4 Å². The maximum Gasteiger partial charge on any atom is 0.151 e. The van der Waals surface area contributed by atoms with Crippen molar-refractivity contribution >= 4 is 33.1 Å². The molecule has 21 heavy (non-hydrogen) atoms. The van der Waals surface area contributed by atoms with Crippen LogP contribution >= 0.6 is 11.3 Å². The smallest absolute Gasteiger partial charge is 0.151 e. The number of aromatic nitrogens is 2. The first kappa shape index (κ1) is 13.8. The third-order valence-electron chi connectivity index (χ3n) is 3.51. The van der Waals surface area contributed by atoms with Crippen molar-refractivity contribution in [3.8, 4) is 0 Å². The van der Waals surface area contributed by atoms with E-state index in [0.717, 1.165) is 22.6 Å². The molecule has 0 saturated carbocycles. The van der Waals surface area contributed by atoms with Crippen molar-refractivity contribution in [1.29, 1.82) is 0 Å². The molecule has 3 aromatic rings. The third kappa shape index (κ3) is 2.83. The first-order chi connectivity index (χ1) is 10.2. The van der Waals surface area contributed by atoms with Crippen LogP contribution in [-0.4, -0.2) is 16.5 Å². The summed E-state index contributed by atoms with van der Waals surface area (Å²) in [5, 5.41) is 2.94. The molecule has 1 aromatic carbocycles. The van der Waals surface area contributed by atoms with Gasteiger partial charge in [-0.25, -0.2) is 9.97 Å². The molecule has 0 fully saturated rings. The lowest BCUT2D eigenvalue weighted by Gasteiger charge is -2.22. The van der Waals surface area contributed by atoms with Crippen LogP contribution in [-0.2, 0) is 6.54 Å². The zero-order chi connectivity index (χ0) is 14.8. The molecule has 2 N–H and O–H groups in total. The van der Waals surface area contributed by atoms with Gasteiger partial charge in [0.15, 0.2) is 5.82 Å². The fourth-order valence-corrected chi connectivity index (χ4v) is 3.10. The molecule has 0 radical (unpaired) electrons. The topological polar surface area (TPSA) is 55.0 Å². The van der Waals surface area contributed by atoms with Gasteiger partial charge in [-0.2, -0.15) is 0 Å². The SMILES string of the molecule is CCN(Cc1nc(N)c2ccsc2n1)c1ccc(C)cc1. The molecule has 0 aliphatic carbocycles. The second-order valence-corrected chi connectivity index (χ2v) is 5.91. The number of nitrogens with two attached hydrogens (primary N) is 1. The Kier molecular flexibility index (Phi) is 3.75. The summed E-state index contributed by atoms with van der Waals surface area (Å²) in [4.78, 5) is 12.2. The van der Waals surface area contributed by atoms with Crippen LogP contribution < -0.4 is 10.6 Å². The lowest BCUT2D eigenvalue weighted by Crippen LogP contribution is -2.23. The average Bonchev–Trinajstić information content (AvgIpc) is 2.95. The average molecular weight is 298 g/mol. The molecule has 5 heteroatoms. The first-order valence-corrected chi connectivity index (χ1v) is 7.86. The summed E-state index contributed by atoms with van der Waals surface area (Å²) < 4.78 is 0. The Bertz CT molecular complexity index is 749. The number of aryl methyl sites for hydroxylation is 1. The lowest BCUT2D eigenvalue weighted by atomic mass is 10.2. The van der Waals surface area contributed by atoms with Gasteiger partial charge in [-0.1, -0.05) is 17.7 Å². The Labute approximate surface area is 128 Å². The predicted molar refractivity (Wildman–Crippen MR) is 89.7 cm³/mol. The van der Waals surface area contributed by atoms with Gasteiger partial charge < -0.3 is 10.6 Å². The van der Waals surface area contributed by atoms with Gasteiger partial charge in [-0.05, 0) is 37.4 Å². The van der Waals surface area contributed by atoms with E-state index in [0.29, 0.717) is 12.4 Å². The minimum absolute atomic E-state index is 0.566. The number of nitrogen functional groups attached to an aromatic ring is 1. The van der Waals surface area contributed by atoms with E-state index < -0.39 is 0 Å². The van der Waals surface area contributed by atoms with Crippen molar-refractivity contribution < 1.29 is 0 Å².